The number of aliphatic hydroxyl groups is 1. The molecule has 4 nitrogen and oxygen atoms in total. The van der Waals surface area contributed by atoms with E-state index < -0.39 is 17.7 Å². The molecule has 0 spiro atoms. The van der Waals surface area contributed by atoms with Crippen LogP contribution >= 0.6 is 0 Å². The molecule has 1 fully saturated rings. The minimum atomic E-state index is -4.87. The summed E-state index contributed by atoms with van der Waals surface area (Å²) in [6.07, 6.45) is 2.72. The van der Waals surface area contributed by atoms with Crippen LogP contribution in [0.15, 0.2) is 30.3 Å². The smallest absolute Gasteiger partial charge is 0.471 e. The Labute approximate surface area is 144 Å². The average molecular weight is 357 g/mol. The SMILES string of the molecule is O=C(NC/C=C/c1cccc(OCC2(O)CCCCC2)c1)C(F)(F)F. The highest BCUT2D eigenvalue weighted by atomic mass is 19.4. The molecule has 0 aromatic heterocycles. The standard InChI is InChI=1S/C18H22F3NO3/c19-18(20,21)16(23)22-11-5-7-14-6-4-8-15(12-14)25-13-17(24)9-2-1-3-10-17/h4-8,12,24H,1-3,9-11,13H2,(H,22,23)/b7-5+. The highest BCUT2D eigenvalue weighted by Crippen LogP contribution is 2.29. The van der Waals surface area contributed by atoms with Crippen molar-refractivity contribution in [2.24, 2.45) is 0 Å². The van der Waals surface area contributed by atoms with Crippen LogP contribution in [0.4, 0.5) is 13.2 Å². The van der Waals surface area contributed by atoms with E-state index in [0.717, 1.165) is 37.7 Å². The molecule has 0 atom stereocenters. The predicted molar refractivity (Wildman–Crippen MR) is 88.1 cm³/mol. The Hall–Kier alpha value is -2.02. The first-order valence-electron chi connectivity index (χ1n) is 8.25. The van der Waals surface area contributed by atoms with E-state index in [2.05, 4.69) is 0 Å². The lowest BCUT2D eigenvalue weighted by Gasteiger charge is -2.31. The van der Waals surface area contributed by atoms with Gasteiger partial charge in [-0.2, -0.15) is 13.2 Å². The molecule has 7 heteroatoms. The fourth-order valence-corrected chi connectivity index (χ4v) is 2.73. The molecule has 1 aliphatic rings. The van der Waals surface area contributed by atoms with Crippen molar-refractivity contribution in [3.8, 4) is 5.75 Å². The Kier molecular flexibility index (Phi) is 6.47. The molecule has 1 amide bonds. The van der Waals surface area contributed by atoms with Gasteiger partial charge in [0.15, 0.2) is 0 Å². The molecule has 0 radical (unpaired) electrons. The van der Waals surface area contributed by atoms with Crippen molar-refractivity contribution in [2.75, 3.05) is 13.2 Å². The number of rotatable bonds is 6. The number of hydrogen-bond acceptors (Lipinski definition) is 3. The van der Waals surface area contributed by atoms with Crippen molar-refractivity contribution < 1.29 is 27.8 Å². The van der Waals surface area contributed by atoms with Crippen molar-refractivity contribution in [2.45, 2.75) is 43.9 Å². The van der Waals surface area contributed by atoms with E-state index in [1.54, 1.807) is 35.7 Å². The molecular formula is C18H22F3NO3. The van der Waals surface area contributed by atoms with Crippen LogP contribution in [0.1, 0.15) is 37.7 Å². The predicted octanol–water partition coefficient (Wildman–Crippen LogP) is 3.45. The number of carbonyl (C=O) groups is 1. The van der Waals surface area contributed by atoms with Gasteiger partial charge in [-0.15, -0.1) is 0 Å². The number of alkyl halides is 3. The second-order valence-electron chi connectivity index (χ2n) is 6.26. The molecular weight excluding hydrogens is 335 g/mol. The minimum absolute atomic E-state index is 0.219. The van der Waals surface area contributed by atoms with Crippen LogP contribution in [0.3, 0.4) is 0 Å². The van der Waals surface area contributed by atoms with Gasteiger partial charge < -0.3 is 15.2 Å². The molecule has 0 unspecified atom stereocenters. The molecule has 2 N–H and O–H groups in total. The lowest BCUT2D eigenvalue weighted by Crippen LogP contribution is -2.37. The maximum atomic E-state index is 12.0. The molecule has 1 aromatic carbocycles. The lowest BCUT2D eigenvalue weighted by atomic mass is 9.85. The van der Waals surface area contributed by atoms with Gasteiger partial charge in [-0.3, -0.25) is 4.79 Å². The normalized spacial score (nSPS) is 17.4. The van der Waals surface area contributed by atoms with Crippen molar-refractivity contribution in [3.63, 3.8) is 0 Å². The van der Waals surface area contributed by atoms with Crippen molar-refractivity contribution in [3.05, 3.63) is 35.9 Å². The highest BCUT2D eigenvalue weighted by molar-refractivity contribution is 5.81. The highest BCUT2D eigenvalue weighted by Gasteiger charge is 2.38. The van der Waals surface area contributed by atoms with Gasteiger partial charge in [0.2, 0.25) is 0 Å². The summed E-state index contributed by atoms with van der Waals surface area (Å²) in [5, 5.41) is 12.2. The van der Waals surface area contributed by atoms with Crippen LogP contribution in [-0.4, -0.2) is 35.9 Å². The second kappa shape index (κ2) is 8.38. The number of halogens is 3. The van der Waals surface area contributed by atoms with Crippen molar-refractivity contribution >= 4 is 12.0 Å². The summed E-state index contributed by atoms with van der Waals surface area (Å²) < 4.78 is 41.8. The summed E-state index contributed by atoms with van der Waals surface area (Å²) in [7, 11) is 0. The van der Waals surface area contributed by atoms with Gasteiger partial charge in [0.25, 0.3) is 0 Å². The fraction of sp³-hybridized carbons (Fsp3) is 0.500. The maximum absolute atomic E-state index is 12.0. The molecule has 0 saturated heterocycles. The van der Waals surface area contributed by atoms with Gasteiger partial charge in [0, 0.05) is 6.54 Å². The number of hydrogen-bond donors (Lipinski definition) is 2. The third-order valence-corrected chi connectivity index (χ3v) is 4.10. The Bertz CT molecular complexity index is 608. The summed E-state index contributed by atoms with van der Waals surface area (Å²) >= 11 is 0. The number of carbonyl (C=O) groups excluding carboxylic acids is 1. The topological polar surface area (TPSA) is 58.6 Å². The largest absolute Gasteiger partial charge is 0.491 e. The molecule has 1 aromatic rings. The zero-order valence-corrected chi connectivity index (χ0v) is 13.8. The molecule has 0 heterocycles. The van der Waals surface area contributed by atoms with Crippen molar-refractivity contribution in [1.29, 1.82) is 0 Å². The van der Waals surface area contributed by atoms with Gasteiger partial charge in [0.05, 0.1) is 5.60 Å². The third kappa shape index (κ3) is 6.42. The van der Waals surface area contributed by atoms with Crippen LogP contribution in [0, 0.1) is 0 Å². The molecule has 138 valence electrons. The van der Waals surface area contributed by atoms with E-state index in [1.165, 1.54) is 6.08 Å². The van der Waals surface area contributed by atoms with Gasteiger partial charge in [-0.1, -0.05) is 43.5 Å². The number of benzene rings is 1. The Morgan fingerprint density at radius 1 is 1.28 bits per heavy atom. The first kappa shape index (κ1) is 19.3. The Balaban J connectivity index is 1.84. The van der Waals surface area contributed by atoms with E-state index in [-0.39, 0.29) is 13.2 Å². The second-order valence-corrected chi connectivity index (χ2v) is 6.26. The molecule has 25 heavy (non-hydrogen) atoms. The molecule has 1 aliphatic carbocycles. The van der Waals surface area contributed by atoms with Crippen LogP contribution in [0.2, 0.25) is 0 Å². The summed E-state index contributed by atoms with van der Waals surface area (Å²) in [6.45, 7) is 0.00495. The summed E-state index contributed by atoms with van der Waals surface area (Å²) in [6, 6.07) is 7.02. The zero-order valence-electron chi connectivity index (χ0n) is 13.8. The summed E-state index contributed by atoms with van der Waals surface area (Å²) in [4.78, 5) is 10.7. The van der Waals surface area contributed by atoms with Crippen LogP contribution in [-0.2, 0) is 4.79 Å². The Morgan fingerprint density at radius 3 is 2.68 bits per heavy atom. The summed E-state index contributed by atoms with van der Waals surface area (Å²) in [5.74, 6) is -1.38. The van der Waals surface area contributed by atoms with E-state index in [4.69, 9.17) is 4.74 Å². The third-order valence-electron chi connectivity index (χ3n) is 4.10. The van der Waals surface area contributed by atoms with E-state index in [0.29, 0.717) is 5.75 Å². The maximum Gasteiger partial charge on any atom is 0.471 e. The Morgan fingerprint density at radius 2 is 2.00 bits per heavy atom. The van der Waals surface area contributed by atoms with Gasteiger partial charge in [0.1, 0.15) is 12.4 Å². The summed E-state index contributed by atoms with van der Waals surface area (Å²) in [5.41, 5.74) is -0.0548. The molecule has 2 rings (SSSR count). The first-order chi connectivity index (χ1) is 11.8. The fourth-order valence-electron chi connectivity index (χ4n) is 2.73. The van der Waals surface area contributed by atoms with Crippen molar-refractivity contribution in [1.82, 2.24) is 5.32 Å². The number of nitrogens with one attached hydrogen (secondary N) is 1. The minimum Gasteiger partial charge on any atom is -0.491 e. The number of amides is 1. The van der Waals surface area contributed by atoms with E-state index in [9.17, 15) is 23.1 Å². The van der Waals surface area contributed by atoms with Crippen LogP contribution in [0.5, 0.6) is 5.75 Å². The lowest BCUT2D eigenvalue weighted by molar-refractivity contribution is -0.173. The first-order valence-corrected chi connectivity index (χ1v) is 8.25. The van der Waals surface area contributed by atoms with Crippen LogP contribution in [0.25, 0.3) is 6.08 Å². The molecule has 1 saturated carbocycles. The average Bonchev–Trinajstić information content (AvgIpc) is 2.57. The van der Waals surface area contributed by atoms with Gasteiger partial charge in [-0.25, -0.2) is 0 Å². The van der Waals surface area contributed by atoms with E-state index >= 15 is 0 Å². The van der Waals surface area contributed by atoms with Gasteiger partial charge >= 0.3 is 12.1 Å². The quantitative estimate of drug-likeness (QED) is 0.820. The van der Waals surface area contributed by atoms with Crippen LogP contribution < -0.4 is 10.1 Å². The molecule has 0 bridgehead atoms. The zero-order chi connectivity index (χ0) is 18.3. The number of ether oxygens (including phenoxy) is 1. The van der Waals surface area contributed by atoms with E-state index in [1.807, 2.05) is 0 Å². The molecule has 0 aliphatic heterocycles. The van der Waals surface area contributed by atoms with Gasteiger partial charge in [-0.05, 0) is 30.5 Å². The monoisotopic (exact) mass is 357 g/mol.